The van der Waals surface area contributed by atoms with Crippen molar-refractivity contribution >= 4 is 0 Å². The lowest BCUT2D eigenvalue weighted by atomic mass is 9.96. The van der Waals surface area contributed by atoms with Crippen LogP contribution in [0.25, 0.3) is 0 Å². The highest BCUT2D eigenvalue weighted by Gasteiger charge is 2.23. The summed E-state index contributed by atoms with van der Waals surface area (Å²) in [4.78, 5) is 2.43. The van der Waals surface area contributed by atoms with Crippen LogP contribution in [0.15, 0.2) is 12.3 Å². The van der Waals surface area contributed by atoms with Crippen LogP contribution in [0.5, 0.6) is 0 Å². The molecule has 1 saturated heterocycles. The maximum Gasteiger partial charge on any atom is 0.0590 e. The minimum atomic E-state index is -0.104. The van der Waals surface area contributed by atoms with Crippen LogP contribution in [-0.2, 0) is 13.5 Å². The fourth-order valence-electron chi connectivity index (χ4n) is 2.34. The van der Waals surface area contributed by atoms with Crippen LogP contribution in [0.3, 0.4) is 0 Å². The van der Waals surface area contributed by atoms with Gasteiger partial charge in [-0.3, -0.25) is 4.68 Å². The number of hydrogen-bond donors (Lipinski definition) is 1. The molecular formula is C12H21N3O. The molecule has 4 heteroatoms. The van der Waals surface area contributed by atoms with Crippen LogP contribution in [0.4, 0.5) is 0 Å². The zero-order valence-corrected chi connectivity index (χ0v) is 10.1. The Labute approximate surface area is 96.9 Å². The van der Waals surface area contributed by atoms with Gasteiger partial charge in [-0.05, 0) is 18.4 Å². The molecule has 0 aliphatic carbocycles. The average Bonchev–Trinajstić information content (AvgIpc) is 2.66. The fourth-order valence-corrected chi connectivity index (χ4v) is 2.34. The van der Waals surface area contributed by atoms with Crippen molar-refractivity contribution in [3.05, 3.63) is 18.0 Å². The van der Waals surface area contributed by atoms with Gasteiger partial charge in [0.1, 0.15) is 0 Å². The molecule has 0 bridgehead atoms. The third-order valence-electron chi connectivity index (χ3n) is 3.55. The third-order valence-corrected chi connectivity index (χ3v) is 3.55. The van der Waals surface area contributed by atoms with E-state index in [0.29, 0.717) is 5.92 Å². The SMILES string of the molecule is CC1CN(CCc2ccnn2C)CCC1O. The van der Waals surface area contributed by atoms with Gasteiger partial charge < -0.3 is 10.0 Å². The molecule has 2 atom stereocenters. The molecule has 0 saturated carbocycles. The monoisotopic (exact) mass is 223 g/mol. The predicted molar refractivity (Wildman–Crippen MR) is 63.1 cm³/mol. The zero-order chi connectivity index (χ0) is 11.5. The predicted octanol–water partition coefficient (Wildman–Crippen LogP) is 0.665. The van der Waals surface area contributed by atoms with Gasteiger partial charge in [0.15, 0.2) is 0 Å². The summed E-state index contributed by atoms with van der Waals surface area (Å²) in [6.45, 7) is 5.22. The van der Waals surface area contributed by atoms with Gasteiger partial charge in [-0.15, -0.1) is 0 Å². The minimum absolute atomic E-state index is 0.104. The Morgan fingerprint density at radius 1 is 1.56 bits per heavy atom. The number of aryl methyl sites for hydroxylation is 1. The van der Waals surface area contributed by atoms with Gasteiger partial charge in [-0.2, -0.15) is 5.10 Å². The van der Waals surface area contributed by atoms with E-state index in [2.05, 4.69) is 23.0 Å². The summed E-state index contributed by atoms with van der Waals surface area (Å²) in [5, 5.41) is 13.8. The lowest BCUT2D eigenvalue weighted by Gasteiger charge is -2.34. The second-order valence-electron chi connectivity index (χ2n) is 4.83. The number of aliphatic hydroxyl groups excluding tert-OH is 1. The Balaban J connectivity index is 1.81. The second-order valence-corrected chi connectivity index (χ2v) is 4.83. The summed E-state index contributed by atoms with van der Waals surface area (Å²) < 4.78 is 1.93. The zero-order valence-electron chi connectivity index (χ0n) is 10.1. The average molecular weight is 223 g/mol. The van der Waals surface area contributed by atoms with Crippen LogP contribution in [0.2, 0.25) is 0 Å². The van der Waals surface area contributed by atoms with E-state index in [1.165, 1.54) is 5.69 Å². The first-order valence-corrected chi connectivity index (χ1v) is 6.04. The standard InChI is InChI=1S/C12H21N3O/c1-10-9-15(8-5-12(10)16)7-4-11-3-6-13-14(11)2/h3,6,10,12,16H,4-5,7-9H2,1-2H3. The van der Waals surface area contributed by atoms with Crippen molar-refractivity contribution in [2.75, 3.05) is 19.6 Å². The minimum Gasteiger partial charge on any atom is -0.393 e. The summed E-state index contributed by atoms with van der Waals surface area (Å²) in [5.41, 5.74) is 1.28. The molecule has 1 fully saturated rings. The summed E-state index contributed by atoms with van der Waals surface area (Å²) in [6.07, 6.45) is 3.69. The normalized spacial score (nSPS) is 27.2. The van der Waals surface area contributed by atoms with E-state index in [0.717, 1.165) is 32.5 Å². The van der Waals surface area contributed by atoms with Gasteiger partial charge in [0, 0.05) is 45.0 Å². The van der Waals surface area contributed by atoms with Crippen molar-refractivity contribution in [2.45, 2.75) is 25.9 Å². The number of likely N-dealkylation sites (tertiary alicyclic amines) is 1. The van der Waals surface area contributed by atoms with Gasteiger partial charge >= 0.3 is 0 Å². The highest BCUT2D eigenvalue weighted by atomic mass is 16.3. The van der Waals surface area contributed by atoms with E-state index in [4.69, 9.17) is 0 Å². The smallest absolute Gasteiger partial charge is 0.0590 e. The number of piperidine rings is 1. The Bertz CT molecular complexity index is 337. The Morgan fingerprint density at radius 2 is 2.38 bits per heavy atom. The topological polar surface area (TPSA) is 41.3 Å². The van der Waals surface area contributed by atoms with E-state index >= 15 is 0 Å². The number of aromatic nitrogens is 2. The van der Waals surface area contributed by atoms with Crippen molar-refractivity contribution in [3.63, 3.8) is 0 Å². The molecule has 4 nitrogen and oxygen atoms in total. The second kappa shape index (κ2) is 4.97. The molecule has 16 heavy (non-hydrogen) atoms. The molecule has 0 radical (unpaired) electrons. The van der Waals surface area contributed by atoms with Crippen LogP contribution in [0.1, 0.15) is 19.0 Å². The lowest BCUT2D eigenvalue weighted by Crippen LogP contribution is -2.42. The van der Waals surface area contributed by atoms with Crippen LogP contribution in [-0.4, -0.2) is 45.5 Å². The molecule has 2 rings (SSSR count). The highest BCUT2D eigenvalue weighted by Crippen LogP contribution is 2.16. The van der Waals surface area contributed by atoms with Gasteiger partial charge in [0.25, 0.3) is 0 Å². The van der Waals surface area contributed by atoms with E-state index in [-0.39, 0.29) is 6.10 Å². The first kappa shape index (κ1) is 11.6. The summed E-state index contributed by atoms with van der Waals surface area (Å²) in [7, 11) is 1.98. The van der Waals surface area contributed by atoms with Crippen molar-refractivity contribution in [3.8, 4) is 0 Å². The van der Waals surface area contributed by atoms with Crippen LogP contribution < -0.4 is 0 Å². The molecule has 1 aliphatic heterocycles. The van der Waals surface area contributed by atoms with Crippen LogP contribution >= 0.6 is 0 Å². The van der Waals surface area contributed by atoms with Gasteiger partial charge in [-0.25, -0.2) is 0 Å². The molecule has 2 unspecified atom stereocenters. The van der Waals surface area contributed by atoms with E-state index in [1.54, 1.807) is 0 Å². The molecule has 1 aliphatic rings. The molecule has 90 valence electrons. The third kappa shape index (κ3) is 2.62. The largest absolute Gasteiger partial charge is 0.393 e. The summed E-state index contributed by atoms with van der Waals surface area (Å²) in [5.74, 6) is 0.403. The van der Waals surface area contributed by atoms with Crippen molar-refractivity contribution in [1.29, 1.82) is 0 Å². The number of rotatable bonds is 3. The van der Waals surface area contributed by atoms with E-state index < -0.39 is 0 Å². The Morgan fingerprint density at radius 3 is 3.00 bits per heavy atom. The number of aliphatic hydroxyl groups is 1. The Kier molecular flexibility index (Phi) is 3.61. The maximum absolute atomic E-state index is 9.65. The summed E-state index contributed by atoms with van der Waals surface area (Å²) >= 11 is 0. The first-order chi connectivity index (χ1) is 7.66. The number of hydrogen-bond acceptors (Lipinski definition) is 3. The summed E-state index contributed by atoms with van der Waals surface area (Å²) in [6, 6.07) is 2.07. The maximum atomic E-state index is 9.65. The molecule has 2 heterocycles. The highest BCUT2D eigenvalue weighted by molar-refractivity contribution is 5.00. The molecule has 1 aromatic rings. The van der Waals surface area contributed by atoms with Crippen molar-refractivity contribution in [2.24, 2.45) is 13.0 Å². The van der Waals surface area contributed by atoms with E-state index in [9.17, 15) is 5.11 Å². The Hall–Kier alpha value is -0.870. The molecule has 1 N–H and O–H groups in total. The molecule has 1 aromatic heterocycles. The molecule has 0 aromatic carbocycles. The number of nitrogens with zero attached hydrogens (tertiary/aromatic N) is 3. The quantitative estimate of drug-likeness (QED) is 0.818. The van der Waals surface area contributed by atoms with Gasteiger partial charge in [-0.1, -0.05) is 6.92 Å². The molecular weight excluding hydrogens is 202 g/mol. The molecule has 0 amide bonds. The lowest BCUT2D eigenvalue weighted by molar-refractivity contribution is 0.0354. The van der Waals surface area contributed by atoms with Gasteiger partial charge in [0.05, 0.1) is 6.10 Å². The fraction of sp³-hybridized carbons (Fsp3) is 0.750. The van der Waals surface area contributed by atoms with Crippen molar-refractivity contribution in [1.82, 2.24) is 14.7 Å². The first-order valence-electron chi connectivity index (χ1n) is 6.04. The van der Waals surface area contributed by atoms with Crippen LogP contribution in [0, 0.1) is 5.92 Å². The molecule has 0 spiro atoms. The van der Waals surface area contributed by atoms with E-state index in [1.807, 2.05) is 17.9 Å². The van der Waals surface area contributed by atoms with Crippen molar-refractivity contribution < 1.29 is 5.11 Å². The van der Waals surface area contributed by atoms with Gasteiger partial charge in [0.2, 0.25) is 0 Å².